The number of rotatable bonds is 5. The highest BCUT2D eigenvalue weighted by Crippen LogP contribution is 2.33. The number of carboxylic acid groups (broad SMARTS) is 1. The summed E-state index contributed by atoms with van der Waals surface area (Å²) < 4.78 is 11.2. The van der Waals surface area contributed by atoms with Crippen LogP contribution in [0.1, 0.15) is 36.5 Å². The van der Waals surface area contributed by atoms with Crippen LogP contribution in [0.25, 0.3) is 0 Å². The molecule has 23 heavy (non-hydrogen) atoms. The van der Waals surface area contributed by atoms with Crippen LogP contribution in [0.4, 0.5) is 0 Å². The first kappa shape index (κ1) is 15.6. The molecule has 1 aliphatic heterocycles. The van der Waals surface area contributed by atoms with Gasteiger partial charge >= 0.3 is 5.97 Å². The van der Waals surface area contributed by atoms with Crippen molar-refractivity contribution in [2.75, 3.05) is 19.8 Å². The van der Waals surface area contributed by atoms with Crippen LogP contribution < -0.4 is 9.47 Å². The number of hydrogen-bond acceptors (Lipinski definition) is 4. The monoisotopic (exact) mass is 319 g/mol. The molecule has 1 aromatic rings. The number of carboxylic acids is 1. The van der Waals surface area contributed by atoms with Crippen LogP contribution in [0.5, 0.6) is 11.5 Å². The minimum absolute atomic E-state index is 0.142. The van der Waals surface area contributed by atoms with Crippen LogP contribution in [0.2, 0.25) is 0 Å². The van der Waals surface area contributed by atoms with Gasteiger partial charge in [-0.3, -0.25) is 9.59 Å². The molecular formula is C17H21NO5. The molecule has 1 heterocycles. The van der Waals surface area contributed by atoms with Gasteiger partial charge in [-0.05, 0) is 31.0 Å². The fraction of sp³-hybridized carbons (Fsp3) is 0.529. The van der Waals surface area contributed by atoms with Crippen molar-refractivity contribution in [1.82, 2.24) is 4.90 Å². The summed E-state index contributed by atoms with van der Waals surface area (Å²) in [6.45, 7) is 3.02. The van der Waals surface area contributed by atoms with Gasteiger partial charge in [0, 0.05) is 24.6 Å². The highest BCUT2D eigenvalue weighted by atomic mass is 16.5. The van der Waals surface area contributed by atoms with Gasteiger partial charge in [-0.2, -0.15) is 0 Å². The van der Waals surface area contributed by atoms with Crippen molar-refractivity contribution in [2.45, 2.75) is 32.2 Å². The summed E-state index contributed by atoms with van der Waals surface area (Å²) in [4.78, 5) is 25.6. The van der Waals surface area contributed by atoms with E-state index in [4.69, 9.17) is 14.6 Å². The Morgan fingerprint density at radius 1 is 1.26 bits per heavy atom. The van der Waals surface area contributed by atoms with Gasteiger partial charge in [0.05, 0.1) is 19.1 Å². The quantitative estimate of drug-likeness (QED) is 0.900. The molecule has 0 saturated heterocycles. The molecule has 1 N–H and O–H groups in total. The van der Waals surface area contributed by atoms with Gasteiger partial charge in [-0.25, -0.2) is 0 Å². The summed E-state index contributed by atoms with van der Waals surface area (Å²) in [7, 11) is 0. The predicted molar refractivity (Wildman–Crippen MR) is 82.9 cm³/mol. The van der Waals surface area contributed by atoms with E-state index in [0.717, 1.165) is 19.3 Å². The van der Waals surface area contributed by atoms with Gasteiger partial charge in [0.25, 0.3) is 5.91 Å². The number of fused-ring (bicyclic) bond motifs is 1. The number of ether oxygens (including phenoxy) is 2. The molecular weight excluding hydrogens is 298 g/mol. The van der Waals surface area contributed by atoms with E-state index in [-0.39, 0.29) is 18.5 Å². The van der Waals surface area contributed by atoms with Gasteiger partial charge in [0.15, 0.2) is 11.5 Å². The van der Waals surface area contributed by atoms with Crippen molar-refractivity contribution in [2.24, 2.45) is 5.92 Å². The fourth-order valence-corrected chi connectivity index (χ4v) is 2.62. The second kappa shape index (κ2) is 6.48. The third-order valence-electron chi connectivity index (χ3n) is 4.14. The standard InChI is InChI=1S/C17H21NO5/c1-11(17(20)21)10-18(13-4-5-13)16(19)12-3-6-14-15(9-12)23-8-2-7-22-14/h3,6,9,11,13H,2,4-5,7-8,10H2,1H3,(H,20,21). The van der Waals surface area contributed by atoms with E-state index in [2.05, 4.69) is 0 Å². The summed E-state index contributed by atoms with van der Waals surface area (Å²) in [5.41, 5.74) is 0.513. The molecule has 1 saturated carbocycles. The zero-order chi connectivity index (χ0) is 16.4. The van der Waals surface area contributed by atoms with E-state index in [1.165, 1.54) is 0 Å². The number of nitrogens with zero attached hydrogens (tertiary/aromatic N) is 1. The van der Waals surface area contributed by atoms with E-state index < -0.39 is 11.9 Å². The molecule has 6 heteroatoms. The largest absolute Gasteiger partial charge is 0.490 e. The molecule has 1 aliphatic carbocycles. The van der Waals surface area contributed by atoms with Crippen molar-refractivity contribution < 1.29 is 24.2 Å². The van der Waals surface area contributed by atoms with Gasteiger partial charge in [-0.15, -0.1) is 0 Å². The average molecular weight is 319 g/mol. The third kappa shape index (κ3) is 3.57. The highest BCUT2D eigenvalue weighted by Gasteiger charge is 2.35. The van der Waals surface area contributed by atoms with Crippen molar-refractivity contribution in [1.29, 1.82) is 0 Å². The first-order chi connectivity index (χ1) is 11.1. The van der Waals surface area contributed by atoms with E-state index in [0.29, 0.717) is 30.3 Å². The van der Waals surface area contributed by atoms with Gasteiger partial charge in [0.1, 0.15) is 0 Å². The molecule has 1 atom stereocenters. The Labute approximate surface area is 135 Å². The van der Waals surface area contributed by atoms with Crippen LogP contribution >= 0.6 is 0 Å². The number of carbonyl (C=O) groups is 2. The summed E-state index contributed by atoms with van der Waals surface area (Å²) >= 11 is 0. The molecule has 0 radical (unpaired) electrons. The Morgan fingerprint density at radius 2 is 1.96 bits per heavy atom. The van der Waals surface area contributed by atoms with E-state index in [9.17, 15) is 9.59 Å². The predicted octanol–water partition coefficient (Wildman–Crippen LogP) is 2.17. The first-order valence-electron chi connectivity index (χ1n) is 7.99. The average Bonchev–Trinajstić information content (AvgIpc) is 3.37. The minimum Gasteiger partial charge on any atom is -0.490 e. The maximum absolute atomic E-state index is 12.8. The Hall–Kier alpha value is -2.24. The van der Waals surface area contributed by atoms with Crippen LogP contribution in [-0.2, 0) is 4.79 Å². The van der Waals surface area contributed by atoms with Crippen LogP contribution in [0.3, 0.4) is 0 Å². The maximum Gasteiger partial charge on any atom is 0.308 e. The Balaban J connectivity index is 1.80. The van der Waals surface area contributed by atoms with Crippen LogP contribution in [0.15, 0.2) is 18.2 Å². The topological polar surface area (TPSA) is 76.1 Å². The normalized spacial score (nSPS) is 18.0. The molecule has 1 fully saturated rings. The summed E-state index contributed by atoms with van der Waals surface area (Å²) in [6, 6.07) is 5.32. The van der Waals surface area contributed by atoms with Gasteiger partial charge in [-0.1, -0.05) is 6.92 Å². The SMILES string of the molecule is CC(CN(C(=O)c1ccc2c(c1)OCCCO2)C1CC1)C(=O)O. The Bertz CT molecular complexity index is 611. The second-order valence-corrected chi connectivity index (χ2v) is 6.14. The van der Waals surface area contributed by atoms with Crippen molar-refractivity contribution in [3.05, 3.63) is 23.8 Å². The van der Waals surface area contributed by atoms with Crippen molar-refractivity contribution in [3.63, 3.8) is 0 Å². The Morgan fingerprint density at radius 3 is 2.61 bits per heavy atom. The molecule has 0 bridgehead atoms. The molecule has 6 nitrogen and oxygen atoms in total. The molecule has 124 valence electrons. The summed E-state index contributed by atoms with van der Waals surface area (Å²) in [5, 5.41) is 9.10. The summed E-state index contributed by atoms with van der Waals surface area (Å²) in [6.07, 6.45) is 2.67. The lowest BCUT2D eigenvalue weighted by Gasteiger charge is -2.24. The number of hydrogen-bond donors (Lipinski definition) is 1. The van der Waals surface area contributed by atoms with Crippen LogP contribution in [0, 0.1) is 5.92 Å². The number of carbonyl (C=O) groups excluding carboxylic acids is 1. The minimum atomic E-state index is -0.887. The number of aliphatic carboxylic acids is 1. The third-order valence-corrected chi connectivity index (χ3v) is 4.14. The fourth-order valence-electron chi connectivity index (χ4n) is 2.62. The zero-order valence-corrected chi connectivity index (χ0v) is 13.2. The van der Waals surface area contributed by atoms with Gasteiger partial charge in [0.2, 0.25) is 0 Å². The molecule has 0 spiro atoms. The molecule has 2 aliphatic rings. The van der Waals surface area contributed by atoms with E-state index in [1.807, 2.05) is 0 Å². The molecule has 0 aromatic heterocycles. The highest BCUT2D eigenvalue weighted by molar-refractivity contribution is 5.95. The van der Waals surface area contributed by atoms with Crippen molar-refractivity contribution in [3.8, 4) is 11.5 Å². The van der Waals surface area contributed by atoms with Crippen LogP contribution in [-0.4, -0.2) is 47.7 Å². The van der Waals surface area contributed by atoms with E-state index >= 15 is 0 Å². The lowest BCUT2D eigenvalue weighted by Crippen LogP contribution is -2.38. The number of amides is 1. The lowest BCUT2D eigenvalue weighted by atomic mass is 10.1. The van der Waals surface area contributed by atoms with E-state index in [1.54, 1.807) is 30.0 Å². The maximum atomic E-state index is 12.8. The second-order valence-electron chi connectivity index (χ2n) is 6.14. The molecule has 1 aromatic carbocycles. The molecule has 3 rings (SSSR count). The molecule has 1 unspecified atom stereocenters. The Kier molecular flexibility index (Phi) is 4.41. The smallest absolute Gasteiger partial charge is 0.308 e. The zero-order valence-electron chi connectivity index (χ0n) is 13.2. The lowest BCUT2D eigenvalue weighted by molar-refractivity contribution is -0.141. The summed E-state index contributed by atoms with van der Waals surface area (Å²) in [5.74, 6) is -0.385. The first-order valence-corrected chi connectivity index (χ1v) is 7.99. The number of benzene rings is 1. The molecule has 1 amide bonds. The van der Waals surface area contributed by atoms with Gasteiger partial charge < -0.3 is 19.5 Å². The van der Waals surface area contributed by atoms with Crippen molar-refractivity contribution >= 4 is 11.9 Å².